The molecule has 0 aromatic heterocycles. The van der Waals surface area contributed by atoms with Crippen molar-refractivity contribution in [2.75, 3.05) is 19.6 Å². The Morgan fingerprint density at radius 1 is 1.44 bits per heavy atom. The van der Waals surface area contributed by atoms with Crippen molar-refractivity contribution in [3.05, 3.63) is 0 Å². The van der Waals surface area contributed by atoms with Crippen molar-refractivity contribution in [1.82, 2.24) is 10.2 Å². The van der Waals surface area contributed by atoms with Gasteiger partial charge >= 0.3 is 0 Å². The summed E-state index contributed by atoms with van der Waals surface area (Å²) in [6.07, 6.45) is 4.72. The van der Waals surface area contributed by atoms with E-state index in [9.17, 15) is 4.79 Å². The summed E-state index contributed by atoms with van der Waals surface area (Å²) in [4.78, 5) is 13.7. The van der Waals surface area contributed by atoms with Crippen LogP contribution in [0.5, 0.6) is 0 Å². The third-order valence-corrected chi connectivity index (χ3v) is 2.98. The highest BCUT2D eigenvalue weighted by atomic mass is 16.1. The first-order valence-electron chi connectivity index (χ1n) is 6.45. The maximum absolute atomic E-state index is 11.3. The molecule has 3 N–H and O–H groups in total. The zero-order valence-electron chi connectivity index (χ0n) is 10.5. The van der Waals surface area contributed by atoms with E-state index in [1.807, 2.05) is 0 Å². The number of carbonyl (C=O) groups is 1. The van der Waals surface area contributed by atoms with E-state index in [1.54, 1.807) is 0 Å². The second-order valence-electron chi connectivity index (χ2n) is 4.64. The second kappa shape index (κ2) is 6.86. The number of nitrogens with zero attached hydrogens (tertiary/aromatic N) is 1. The first kappa shape index (κ1) is 13.5. The summed E-state index contributed by atoms with van der Waals surface area (Å²) < 4.78 is 0. The molecule has 1 fully saturated rings. The first-order chi connectivity index (χ1) is 7.69. The molecule has 0 aromatic carbocycles. The zero-order chi connectivity index (χ0) is 12.0. The molecule has 4 nitrogen and oxygen atoms in total. The monoisotopic (exact) mass is 227 g/mol. The lowest BCUT2D eigenvalue weighted by molar-refractivity contribution is -0.120. The van der Waals surface area contributed by atoms with Gasteiger partial charge in [0.05, 0.1) is 6.04 Å². The Morgan fingerprint density at radius 3 is 2.56 bits per heavy atom. The third-order valence-electron chi connectivity index (χ3n) is 2.98. The minimum Gasteiger partial charge on any atom is -0.368 e. The Morgan fingerprint density at radius 2 is 2.12 bits per heavy atom. The van der Waals surface area contributed by atoms with E-state index >= 15 is 0 Å². The molecule has 0 aliphatic heterocycles. The van der Waals surface area contributed by atoms with Crippen molar-refractivity contribution < 1.29 is 4.79 Å². The van der Waals surface area contributed by atoms with Gasteiger partial charge in [-0.2, -0.15) is 0 Å². The number of nitrogens with one attached hydrogen (secondary N) is 1. The molecule has 16 heavy (non-hydrogen) atoms. The number of carbonyl (C=O) groups excluding carboxylic acids is 1. The molecule has 1 aliphatic carbocycles. The Labute approximate surface area is 98.6 Å². The maximum Gasteiger partial charge on any atom is 0.235 e. The van der Waals surface area contributed by atoms with Crippen molar-refractivity contribution in [3.8, 4) is 0 Å². The van der Waals surface area contributed by atoms with E-state index in [2.05, 4.69) is 24.1 Å². The average Bonchev–Trinajstić information content (AvgIpc) is 3.05. The predicted molar refractivity (Wildman–Crippen MR) is 66.2 cm³/mol. The van der Waals surface area contributed by atoms with Crippen molar-refractivity contribution >= 4 is 5.91 Å². The highest BCUT2D eigenvalue weighted by molar-refractivity contribution is 5.80. The third kappa shape index (κ3) is 4.49. The highest BCUT2D eigenvalue weighted by Crippen LogP contribution is 2.26. The van der Waals surface area contributed by atoms with Crippen LogP contribution in [0.3, 0.4) is 0 Å². The normalized spacial score (nSPS) is 17.7. The summed E-state index contributed by atoms with van der Waals surface area (Å²) in [7, 11) is 0. The molecule has 1 aliphatic rings. The van der Waals surface area contributed by atoms with Crippen LogP contribution in [-0.4, -0.2) is 42.5 Å². The fourth-order valence-corrected chi connectivity index (χ4v) is 1.96. The van der Waals surface area contributed by atoms with Crippen LogP contribution in [0.4, 0.5) is 0 Å². The number of primary amides is 1. The lowest BCUT2D eigenvalue weighted by Gasteiger charge is -2.26. The molecular weight excluding hydrogens is 202 g/mol. The maximum atomic E-state index is 11.3. The van der Waals surface area contributed by atoms with Crippen molar-refractivity contribution in [2.45, 2.75) is 51.6 Å². The molecule has 94 valence electrons. The first-order valence-corrected chi connectivity index (χ1v) is 6.45. The van der Waals surface area contributed by atoms with Gasteiger partial charge in [-0.1, -0.05) is 13.8 Å². The Balaban J connectivity index is 2.40. The summed E-state index contributed by atoms with van der Waals surface area (Å²) in [5.74, 6) is -0.227. The molecular formula is C12H25N3O. The Kier molecular flexibility index (Phi) is 5.77. The summed E-state index contributed by atoms with van der Waals surface area (Å²) in [5.41, 5.74) is 5.41. The van der Waals surface area contributed by atoms with Gasteiger partial charge in [0.15, 0.2) is 0 Å². The zero-order valence-corrected chi connectivity index (χ0v) is 10.5. The Bertz CT molecular complexity index is 216. The van der Waals surface area contributed by atoms with Gasteiger partial charge in [0.1, 0.15) is 0 Å². The highest BCUT2D eigenvalue weighted by Gasteiger charge is 2.30. The van der Waals surface area contributed by atoms with Gasteiger partial charge in [-0.25, -0.2) is 0 Å². The van der Waals surface area contributed by atoms with Crippen LogP contribution in [0.25, 0.3) is 0 Å². The lowest BCUT2D eigenvalue weighted by Crippen LogP contribution is -2.50. The summed E-state index contributed by atoms with van der Waals surface area (Å²) in [6, 6.07) is 0.511. The molecule has 0 spiro atoms. The molecule has 0 radical (unpaired) electrons. The molecule has 0 heterocycles. The van der Waals surface area contributed by atoms with Gasteiger partial charge in [0.2, 0.25) is 5.91 Å². The summed E-state index contributed by atoms with van der Waals surface area (Å²) in [6.45, 7) is 6.97. The second-order valence-corrected chi connectivity index (χ2v) is 4.64. The van der Waals surface area contributed by atoms with Crippen LogP contribution >= 0.6 is 0 Å². The van der Waals surface area contributed by atoms with Gasteiger partial charge in [-0.05, 0) is 38.8 Å². The van der Waals surface area contributed by atoms with E-state index in [0.29, 0.717) is 6.04 Å². The number of hydrogen-bond donors (Lipinski definition) is 2. The number of hydrogen-bond acceptors (Lipinski definition) is 3. The van der Waals surface area contributed by atoms with Crippen LogP contribution in [-0.2, 0) is 4.79 Å². The lowest BCUT2D eigenvalue weighted by atomic mass is 10.2. The van der Waals surface area contributed by atoms with Crippen LogP contribution < -0.4 is 11.1 Å². The van der Waals surface area contributed by atoms with Gasteiger partial charge in [0, 0.05) is 12.6 Å². The summed E-state index contributed by atoms with van der Waals surface area (Å²) in [5, 5.41) is 3.22. The van der Waals surface area contributed by atoms with E-state index in [0.717, 1.165) is 32.5 Å². The Hall–Kier alpha value is -0.610. The van der Waals surface area contributed by atoms with Crippen LogP contribution in [0.15, 0.2) is 0 Å². The van der Waals surface area contributed by atoms with Gasteiger partial charge < -0.3 is 11.1 Å². The largest absolute Gasteiger partial charge is 0.368 e. The fraction of sp³-hybridized carbons (Fsp3) is 0.917. The number of amides is 1. The molecule has 0 aromatic rings. The number of rotatable bonds is 9. The molecule has 4 heteroatoms. The van der Waals surface area contributed by atoms with E-state index < -0.39 is 0 Å². The molecule has 1 atom stereocenters. The summed E-state index contributed by atoms with van der Waals surface area (Å²) >= 11 is 0. The minimum absolute atomic E-state index is 0.188. The predicted octanol–water partition coefficient (Wildman–Crippen LogP) is 0.714. The molecule has 0 saturated heterocycles. The van der Waals surface area contributed by atoms with Crippen molar-refractivity contribution in [1.29, 1.82) is 0 Å². The van der Waals surface area contributed by atoms with E-state index in [4.69, 9.17) is 5.73 Å². The average molecular weight is 227 g/mol. The smallest absolute Gasteiger partial charge is 0.235 e. The molecule has 1 saturated carbocycles. The topological polar surface area (TPSA) is 58.4 Å². The SMILES string of the molecule is CCCNC(CN(CCC)C1CC1)C(N)=O. The minimum atomic E-state index is -0.227. The van der Waals surface area contributed by atoms with Crippen LogP contribution in [0, 0.1) is 0 Å². The van der Waals surface area contributed by atoms with Crippen molar-refractivity contribution in [3.63, 3.8) is 0 Å². The molecule has 1 rings (SSSR count). The number of nitrogens with two attached hydrogens (primary N) is 1. The molecule has 1 amide bonds. The molecule has 1 unspecified atom stereocenters. The van der Waals surface area contributed by atoms with E-state index in [-0.39, 0.29) is 11.9 Å². The van der Waals surface area contributed by atoms with Gasteiger partial charge in [-0.3, -0.25) is 9.69 Å². The van der Waals surface area contributed by atoms with Crippen molar-refractivity contribution in [2.24, 2.45) is 5.73 Å². The van der Waals surface area contributed by atoms with Gasteiger partial charge in [0.25, 0.3) is 0 Å². The van der Waals surface area contributed by atoms with Crippen LogP contribution in [0.2, 0.25) is 0 Å². The standard InChI is InChI=1S/C12H25N3O/c1-3-7-14-11(12(13)16)9-15(8-4-2)10-5-6-10/h10-11,14H,3-9H2,1-2H3,(H2,13,16). The fourth-order valence-electron chi connectivity index (χ4n) is 1.96. The van der Waals surface area contributed by atoms with Crippen LogP contribution in [0.1, 0.15) is 39.5 Å². The quantitative estimate of drug-likeness (QED) is 0.610. The van der Waals surface area contributed by atoms with Gasteiger partial charge in [-0.15, -0.1) is 0 Å². The van der Waals surface area contributed by atoms with E-state index in [1.165, 1.54) is 12.8 Å². The molecule has 0 bridgehead atoms.